The average molecular weight is 351 g/mol. The van der Waals surface area contributed by atoms with E-state index in [0.29, 0.717) is 23.2 Å². The van der Waals surface area contributed by atoms with E-state index in [1.165, 1.54) is 10.4 Å². The number of tetrazole rings is 1. The van der Waals surface area contributed by atoms with E-state index in [0.717, 1.165) is 5.56 Å². The first-order chi connectivity index (χ1) is 12.5. The number of carbonyl (C=O) groups is 1. The Labute approximate surface area is 152 Å². The van der Waals surface area contributed by atoms with Crippen molar-refractivity contribution >= 4 is 11.6 Å². The fraction of sp³-hybridized carbons (Fsp3) is 0.263. The molecule has 26 heavy (non-hydrogen) atoms. The Morgan fingerprint density at radius 2 is 1.96 bits per heavy atom. The summed E-state index contributed by atoms with van der Waals surface area (Å²) >= 11 is 0. The third-order valence-corrected chi connectivity index (χ3v) is 3.93. The number of carbonyl (C=O) groups excluding carboxylic acids is 1. The van der Waals surface area contributed by atoms with Crippen molar-refractivity contribution in [2.75, 3.05) is 12.4 Å². The Hall–Kier alpha value is -3.22. The number of ether oxygens (including phenoxy) is 1. The molecule has 7 nitrogen and oxygen atoms in total. The predicted octanol–water partition coefficient (Wildman–Crippen LogP) is 3.11. The zero-order valence-electron chi connectivity index (χ0n) is 15.0. The topological polar surface area (TPSA) is 81.9 Å². The molecule has 2 aromatic carbocycles. The van der Waals surface area contributed by atoms with Gasteiger partial charge in [-0.05, 0) is 28.8 Å². The van der Waals surface area contributed by atoms with Crippen LogP contribution in [0.5, 0.6) is 5.75 Å². The number of aromatic nitrogens is 4. The highest BCUT2D eigenvalue weighted by atomic mass is 16.5. The van der Waals surface area contributed by atoms with Gasteiger partial charge in [0.1, 0.15) is 12.3 Å². The van der Waals surface area contributed by atoms with Gasteiger partial charge in [-0.15, -0.1) is 10.2 Å². The van der Waals surface area contributed by atoms with Crippen LogP contribution in [-0.4, -0.2) is 33.2 Å². The molecule has 1 amide bonds. The van der Waals surface area contributed by atoms with Crippen LogP contribution in [0.15, 0.2) is 48.5 Å². The molecular formula is C19H21N5O2. The molecule has 0 bridgehead atoms. The zero-order valence-corrected chi connectivity index (χ0v) is 15.0. The average Bonchev–Trinajstić information content (AvgIpc) is 3.10. The molecule has 0 aliphatic rings. The second-order valence-corrected chi connectivity index (χ2v) is 6.20. The van der Waals surface area contributed by atoms with Crippen LogP contribution in [0, 0.1) is 0 Å². The highest BCUT2D eigenvalue weighted by molar-refractivity contribution is 5.90. The molecule has 1 N–H and O–H groups in total. The van der Waals surface area contributed by atoms with Gasteiger partial charge in [0, 0.05) is 17.3 Å². The molecule has 3 rings (SSSR count). The number of hydrogen-bond donors (Lipinski definition) is 1. The molecule has 0 saturated heterocycles. The standard InChI is InChI=1S/C19H21N5O2/c1-13(2)14-7-9-15(10-8-14)19-21-23-24(22-19)12-18(25)20-16-5-4-6-17(11-16)26-3/h4-11,13H,12H2,1-3H3,(H,20,25). The number of benzene rings is 2. The van der Waals surface area contributed by atoms with Gasteiger partial charge in [0.25, 0.3) is 0 Å². The number of nitrogens with zero attached hydrogens (tertiary/aromatic N) is 4. The molecule has 0 radical (unpaired) electrons. The van der Waals surface area contributed by atoms with Gasteiger partial charge in [-0.1, -0.05) is 44.2 Å². The molecule has 0 spiro atoms. The van der Waals surface area contributed by atoms with Crippen LogP contribution in [0.3, 0.4) is 0 Å². The van der Waals surface area contributed by atoms with Crippen LogP contribution in [0.1, 0.15) is 25.3 Å². The van der Waals surface area contributed by atoms with E-state index in [1.807, 2.05) is 18.2 Å². The molecule has 0 aliphatic heterocycles. The summed E-state index contributed by atoms with van der Waals surface area (Å²) in [5.41, 5.74) is 2.77. The van der Waals surface area contributed by atoms with Gasteiger partial charge in [0.05, 0.1) is 7.11 Å². The van der Waals surface area contributed by atoms with E-state index in [1.54, 1.807) is 25.3 Å². The minimum Gasteiger partial charge on any atom is -0.497 e. The van der Waals surface area contributed by atoms with Crippen molar-refractivity contribution in [2.24, 2.45) is 0 Å². The highest BCUT2D eigenvalue weighted by Crippen LogP contribution is 2.19. The van der Waals surface area contributed by atoms with Gasteiger partial charge in [-0.25, -0.2) is 0 Å². The monoisotopic (exact) mass is 351 g/mol. The van der Waals surface area contributed by atoms with Gasteiger partial charge in [-0.3, -0.25) is 4.79 Å². The molecule has 3 aromatic rings. The number of hydrogen-bond acceptors (Lipinski definition) is 5. The second-order valence-electron chi connectivity index (χ2n) is 6.20. The first kappa shape index (κ1) is 17.6. The molecule has 0 atom stereocenters. The summed E-state index contributed by atoms with van der Waals surface area (Å²) in [6.45, 7) is 4.27. The number of anilines is 1. The fourth-order valence-electron chi connectivity index (χ4n) is 2.47. The maximum Gasteiger partial charge on any atom is 0.248 e. The van der Waals surface area contributed by atoms with Gasteiger partial charge in [0.15, 0.2) is 0 Å². The molecule has 134 valence electrons. The Morgan fingerprint density at radius 3 is 2.65 bits per heavy atom. The number of nitrogens with one attached hydrogen (secondary N) is 1. The van der Waals surface area contributed by atoms with Crippen LogP contribution in [0.2, 0.25) is 0 Å². The SMILES string of the molecule is COc1cccc(NC(=O)Cn2nnc(-c3ccc(C(C)C)cc3)n2)c1. The summed E-state index contributed by atoms with van der Waals surface area (Å²) in [6.07, 6.45) is 0. The van der Waals surface area contributed by atoms with Gasteiger partial charge >= 0.3 is 0 Å². The lowest BCUT2D eigenvalue weighted by molar-refractivity contribution is -0.117. The third kappa shape index (κ3) is 4.24. The zero-order chi connectivity index (χ0) is 18.5. The lowest BCUT2D eigenvalue weighted by atomic mass is 10.0. The molecule has 1 aromatic heterocycles. The Balaban J connectivity index is 1.65. The summed E-state index contributed by atoms with van der Waals surface area (Å²) in [5, 5.41) is 15.1. The fourth-order valence-corrected chi connectivity index (χ4v) is 2.47. The molecular weight excluding hydrogens is 330 g/mol. The minimum absolute atomic E-state index is 0.0196. The Bertz CT molecular complexity index is 887. The maximum absolute atomic E-state index is 12.2. The van der Waals surface area contributed by atoms with E-state index in [4.69, 9.17) is 4.74 Å². The molecule has 1 heterocycles. The first-order valence-corrected chi connectivity index (χ1v) is 8.37. The van der Waals surface area contributed by atoms with Crippen LogP contribution in [0.4, 0.5) is 5.69 Å². The lowest BCUT2D eigenvalue weighted by Gasteiger charge is -2.06. The Kier molecular flexibility index (Phi) is 5.26. The second kappa shape index (κ2) is 7.77. The van der Waals surface area contributed by atoms with Gasteiger partial charge < -0.3 is 10.1 Å². The van der Waals surface area contributed by atoms with E-state index >= 15 is 0 Å². The van der Waals surface area contributed by atoms with Gasteiger partial charge in [0.2, 0.25) is 11.7 Å². The lowest BCUT2D eigenvalue weighted by Crippen LogP contribution is -2.20. The molecule has 0 saturated carbocycles. The summed E-state index contributed by atoms with van der Waals surface area (Å²) in [5.74, 6) is 1.40. The molecule has 0 unspecified atom stereocenters. The van der Waals surface area contributed by atoms with Crippen LogP contribution in [0.25, 0.3) is 11.4 Å². The van der Waals surface area contributed by atoms with Crippen LogP contribution >= 0.6 is 0 Å². The predicted molar refractivity (Wildman–Crippen MR) is 99.0 cm³/mol. The smallest absolute Gasteiger partial charge is 0.248 e. The van der Waals surface area contributed by atoms with Crippen molar-refractivity contribution in [1.82, 2.24) is 20.2 Å². The molecule has 0 aliphatic carbocycles. The summed E-state index contributed by atoms with van der Waals surface area (Å²) in [6, 6.07) is 15.2. The quantitative estimate of drug-likeness (QED) is 0.738. The van der Waals surface area contributed by atoms with Crippen molar-refractivity contribution in [1.29, 1.82) is 0 Å². The van der Waals surface area contributed by atoms with Crippen molar-refractivity contribution in [3.8, 4) is 17.1 Å². The normalized spacial score (nSPS) is 10.8. The van der Waals surface area contributed by atoms with Crippen LogP contribution < -0.4 is 10.1 Å². The highest BCUT2D eigenvalue weighted by Gasteiger charge is 2.10. The molecule has 0 fully saturated rings. The number of methoxy groups -OCH3 is 1. The number of rotatable bonds is 6. The van der Waals surface area contributed by atoms with Crippen molar-refractivity contribution in [3.63, 3.8) is 0 Å². The van der Waals surface area contributed by atoms with E-state index in [-0.39, 0.29) is 12.5 Å². The number of amides is 1. The van der Waals surface area contributed by atoms with Crippen molar-refractivity contribution in [3.05, 3.63) is 54.1 Å². The third-order valence-electron chi connectivity index (χ3n) is 3.93. The maximum atomic E-state index is 12.2. The minimum atomic E-state index is -0.239. The van der Waals surface area contributed by atoms with Crippen molar-refractivity contribution in [2.45, 2.75) is 26.3 Å². The van der Waals surface area contributed by atoms with E-state index < -0.39 is 0 Å². The Morgan fingerprint density at radius 1 is 1.19 bits per heavy atom. The van der Waals surface area contributed by atoms with Gasteiger partial charge in [-0.2, -0.15) is 4.80 Å². The summed E-state index contributed by atoms with van der Waals surface area (Å²) < 4.78 is 5.14. The summed E-state index contributed by atoms with van der Waals surface area (Å²) in [7, 11) is 1.58. The van der Waals surface area contributed by atoms with Crippen LogP contribution in [-0.2, 0) is 11.3 Å². The van der Waals surface area contributed by atoms with Crippen molar-refractivity contribution < 1.29 is 9.53 Å². The summed E-state index contributed by atoms with van der Waals surface area (Å²) in [4.78, 5) is 13.4. The van der Waals surface area contributed by atoms with E-state index in [9.17, 15) is 4.79 Å². The molecule has 7 heteroatoms. The largest absolute Gasteiger partial charge is 0.497 e. The first-order valence-electron chi connectivity index (χ1n) is 8.37. The van der Waals surface area contributed by atoms with E-state index in [2.05, 4.69) is 46.7 Å².